The van der Waals surface area contributed by atoms with Crippen LogP contribution in [0.5, 0.6) is 0 Å². The average Bonchev–Trinajstić information content (AvgIpc) is 2.68. The molecular weight excluding hydrogens is 320 g/mol. The Balaban J connectivity index is 1.64. The van der Waals surface area contributed by atoms with Crippen LogP contribution in [0, 0.1) is 0 Å². The number of carbonyl (C=O) groups is 2. The van der Waals surface area contributed by atoms with Crippen molar-refractivity contribution in [1.29, 1.82) is 0 Å². The van der Waals surface area contributed by atoms with Crippen LogP contribution in [0.4, 0.5) is 11.4 Å². The van der Waals surface area contributed by atoms with Gasteiger partial charge in [-0.15, -0.1) is 0 Å². The second-order valence-electron chi connectivity index (χ2n) is 6.30. The number of nitrogens with zero attached hydrogens (tertiary/aromatic N) is 3. The van der Waals surface area contributed by atoms with Crippen molar-refractivity contribution in [1.82, 2.24) is 9.80 Å². The maximum atomic E-state index is 12.4. The lowest BCUT2D eigenvalue weighted by atomic mass is 10.2. The van der Waals surface area contributed by atoms with Gasteiger partial charge < -0.3 is 24.8 Å². The van der Waals surface area contributed by atoms with E-state index in [1.54, 1.807) is 4.90 Å². The highest BCUT2D eigenvalue weighted by atomic mass is 16.5. The van der Waals surface area contributed by atoms with E-state index in [-0.39, 0.29) is 0 Å². The molecule has 0 atom stereocenters. The van der Waals surface area contributed by atoms with E-state index in [4.69, 9.17) is 4.74 Å². The standard InChI is InChI=1S/C18H26N4O3/c1-2-20-7-9-22(10-8-20)18(24)17(23)19-15-5-3-4-6-16(15)21-11-13-25-14-12-21/h3-6H,2,7-14H2,1H3,(H,19,23). The number of ether oxygens (including phenoxy) is 1. The van der Waals surface area contributed by atoms with Crippen LogP contribution in [0.1, 0.15) is 6.92 Å². The number of amides is 2. The highest BCUT2D eigenvalue weighted by Crippen LogP contribution is 2.26. The summed E-state index contributed by atoms with van der Waals surface area (Å²) in [4.78, 5) is 31.0. The van der Waals surface area contributed by atoms with Crippen LogP contribution in [-0.2, 0) is 14.3 Å². The molecule has 136 valence electrons. The number of hydrogen-bond donors (Lipinski definition) is 1. The molecule has 0 spiro atoms. The second-order valence-corrected chi connectivity index (χ2v) is 6.30. The van der Waals surface area contributed by atoms with Crippen LogP contribution in [0.2, 0.25) is 0 Å². The minimum absolute atomic E-state index is 0.451. The molecule has 0 saturated carbocycles. The van der Waals surface area contributed by atoms with E-state index < -0.39 is 11.8 Å². The van der Waals surface area contributed by atoms with Gasteiger partial charge in [0.2, 0.25) is 0 Å². The van der Waals surface area contributed by atoms with E-state index in [1.165, 1.54) is 0 Å². The zero-order chi connectivity index (χ0) is 17.6. The molecule has 0 bridgehead atoms. The normalized spacial score (nSPS) is 18.9. The topological polar surface area (TPSA) is 65.1 Å². The van der Waals surface area contributed by atoms with Gasteiger partial charge in [0.25, 0.3) is 0 Å². The van der Waals surface area contributed by atoms with Gasteiger partial charge in [0.15, 0.2) is 0 Å². The summed E-state index contributed by atoms with van der Waals surface area (Å²) in [6.07, 6.45) is 0. The maximum absolute atomic E-state index is 12.4. The SMILES string of the molecule is CCN1CCN(C(=O)C(=O)Nc2ccccc2N2CCOCC2)CC1. The fraction of sp³-hybridized carbons (Fsp3) is 0.556. The Morgan fingerprint density at radius 1 is 1.04 bits per heavy atom. The zero-order valence-corrected chi connectivity index (χ0v) is 14.7. The maximum Gasteiger partial charge on any atom is 0.313 e. The van der Waals surface area contributed by atoms with Crippen LogP contribution >= 0.6 is 0 Å². The van der Waals surface area contributed by atoms with E-state index in [0.29, 0.717) is 32.0 Å². The van der Waals surface area contributed by atoms with Gasteiger partial charge in [-0.2, -0.15) is 0 Å². The Kier molecular flexibility index (Phi) is 5.88. The van der Waals surface area contributed by atoms with Gasteiger partial charge in [-0.25, -0.2) is 0 Å². The van der Waals surface area contributed by atoms with Crippen LogP contribution < -0.4 is 10.2 Å². The summed E-state index contributed by atoms with van der Waals surface area (Å²) in [5.74, 6) is -1.02. The number of likely N-dealkylation sites (N-methyl/N-ethyl adjacent to an activating group) is 1. The smallest absolute Gasteiger partial charge is 0.313 e. The van der Waals surface area contributed by atoms with Gasteiger partial charge in [0.1, 0.15) is 0 Å². The van der Waals surface area contributed by atoms with Crippen LogP contribution in [-0.4, -0.2) is 80.6 Å². The Morgan fingerprint density at radius 2 is 1.72 bits per heavy atom. The highest BCUT2D eigenvalue weighted by molar-refractivity contribution is 6.39. The van der Waals surface area contributed by atoms with Gasteiger partial charge in [0, 0.05) is 39.3 Å². The lowest BCUT2D eigenvalue weighted by Gasteiger charge is -2.34. The lowest BCUT2D eigenvalue weighted by molar-refractivity contribution is -0.144. The summed E-state index contributed by atoms with van der Waals surface area (Å²) in [5.41, 5.74) is 1.61. The summed E-state index contributed by atoms with van der Waals surface area (Å²) < 4.78 is 5.38. The highest BCUT2D eigenvalue weighted by Gasteiger charge is 2.26. The molecule has 2 amide bonds. The van der Waals surface area contributed by atoms with Gasteiger partial charge in [-0.1, -0.05) is 19.1 Å². The van der Waals surface area contributed by atoms with Crippen molar-refractivity contribution in [3.05, 3.63) is 24.3 Å². The summed E-state index contributed by atoms with van der Waals surface area (Å²) in [6.45, 7) is 8.82. The van der Waals surface area contributed by atoms with Crippen molar-refractivity contribution in [2.24, 2.45) is 0 Å². The summed E-state index contributed by atoms with van der Waals surface area (Å²) >= 11 is 0. The Bertz CT molecular complexity index is 608. The molecule has 2 saturated heterocycles. The fourth-order valence-corrected chi connectivity index (χ4v) is 3.25. The monoisotopic (exact) mass is 346 g/mol. The Hall–Kier alpha value is -2.12. The number of carbonyl (C=O) groups excluding carboxylic acids is 2. The van der Waals surface area contributed by atoms with Gasteiger partial charge >= 0.3 is 11.8 Å². The molecule has 0 unspecified atom stereocenters. The van der Waals surface area contributed by atoms with Crippen LogP contribution in [0.25, 0.3) is 0 Å². The molecule has 0 aromatic heterocycles. The molecule has 1 N–H and O–H groups in total. The number of para-hydroxylation sites is 2. The quantitative estimate of drug-likeness (QED) is 0.813. The lowest BCUT2D eigenvalue weighted by Crippen LogP contribution is -2.51. The Labute approximate surface area is 148 Å². The van der Waals surface area contributed by atoms with Crippen molar-refractivity contribution in [2.45, 2.75) is 6.92 Å². The van der Waals surface area contributed by atoms with Crippen molar-refractivity contribution in [3.63, 3.8) is 0 Å². The molecule has 0 radical (unpaired) electrons. The summed E-state index contributed by atoms with van der Waals surface area (Å²) in [7, 11) is 0. The largest absolute Gasteiger partial charge is 0.378 e. The van der Waals surface area contributed by atoms with Crippen LogP contribution in [0.15, 0.2) is 24.3 Å². The second kappa shape index (κ2) is 8.31. The molecule has 7 nitrogen and oxygen atoms in total. The molecule has 0 aliphatic carbocycles. The van der Waals surface area contributed by atoms with E-state index in [1.807, 2.05) is 24.3 Å². The third-order valence-corrected chi connectivity index (χ3v) is 4.80. The molecule has 1 aromatic carbocycles. The Morgan fingerprint density at radius 3 is 2.40 bits per heavy atom. The van der Waals surface area contributed by atoms with Gasteiger partial charge in [-0.05, 0) is 18.7 Å². The van der Waals surface area contributed by atoms with Crippen LogP contribution in [0.3, 0.4) is 0 Å². The predicted molar refractivity (Wildman–Crippen MR) is 96.8 cm³/mol. The van der Waals surface area contributed by atoms with E-state index in [0.717, 1.165) is 38.4 Å². The number of nitrogens with one attached hydrogen (secondary N) is 1. The minimum atomic E-state index is -0.564. The third-order valence-electron chi connectivity index (χ3n) is 4.80. The van der Waals surface area contributed by atoms with E-state index in [2.05, 4.69) is 22.0 Å². The van der Waals surface area contributed by atoms with E-state index in [9.17, 15) is 9.59 Å². The number of piperazine rings is 1. The molecule has 2 fully saturated rings. The summed E-state index contributed by atoms with van der Waals surface area (Å²) in [6, 6.07) is 7.60. The van der Waals surface area contributed by atoms with Gasteiger partial charge in [0.05, 0.1) is 24.6 Å². The molecule has 2 aliphatic heterocycles. The first-order valence-corrected chi connectivity index (χ1v) is 8.93. The fourth-order valence-electron chi connectivity index (χ4n) is 3.25. The number of rotatable bonds is 3. The molecule has 25 heavy (non-hydrogen) atoms. The minimum Gasteiger partial charge on any atom is -0.378 e. The molecule has 7 heteroatoms. The number of benzene rings is 1. The molecule has 2 heterocycles. The van der Waals surface area contributed by atoms with Crippen molar-refractivity contribution >= 4 is 23.2 Å². The number of hydrogen-bond acceptors (Lipinski definition) is 5. The number of morpholine rings is 1. The molecular formula is C18H26N4O3. The van der Waals surface area contributed by atoms with Crippen molar-refractivity contribution in [2.75, 3.05) is 69.2 Å². The van der Waals surface area contributed by atoms with Crippen molar-refractivity contribution < 1.29 is 14.3 Å². The zero-order valence-electron chi connectivity index (χ0n) is 14.7. The first kappa shape index (κ1) is 17.7. The average molecular weight is 346 g/mol. The molecule has 3 rings (SSSR count). The first-order chi connectivity index (χ1) is 12.2. The first-order valence-electron chi connectivity index (χ1n) is 8.93. The summed E-state index contributed by atoms with van der Waals surface area (Å²) in [5, 5.41) is 2.80. The predicted octanol–water partition coefficient (Wildman–Crippen LogP) is 0.626. The molecule has 1 aromatic rings. The third kappa shape index (κ3) is 4.29. The molecule has 2 aliphatic rings. The van der Waals surface area contributed by atoms with E-state index >= 15 is 0 Å². The van der Waals surface area contributed by atoms with Crippen molar-refractivity contribution in [3.8, 4) is 0 Å². The number of anilines is 2. The van der Waals surface area contributed by atoms with Gasteiger partial charge in [-0.3, -0.25) is 9.59 Å².